The summed E-state index contributed by atoms with van der Waals surface area (Å²) in [6.45, 7) is 5.05. The van der Waals surface area contributed by atoms with Crippen LogP contribution in [0, 0.1) is 5.82 Å². The van der Waals surface area contributed by atoms with Gasteiger partial charge in [0.2, 0.25) is 0 Å². The molecule has 0 radical (unpaired) electrons. The fourth-order valence-corrected chi connectivity index (χ4v) is 3.30. The molecule has 1 aromatic rings. The number of halogens is 1. The normalized spacial score (nSPS) is 13.4. The Labute approximate surface area is 115 Å². The molecule has 1 N–H and O–H groups in total. The van der Waals surface area contributed by atoms with Gasteiger partial charge in [-0.25, -0.2) is 12.8 Å². The van der Waals surface area contributed by atoms with Crippen LogP contribution in [0.25, 0.3) is 0 Å². The van der Waals surface area contributed by atoms with E-state index in [9.17, 15) is 12.8 Å². The summed E-state index contributed by atoms with van der Waals surface area (Å²) in [6.07, 6.45) is 2.36. The SMILES string of the molecule is CCCNC(C)CCCS(=O)(=O)c1ccccc1F. The van der Waals surface area contributed by atoms with Gasteiger partial charge in [0.15, 0.2) is 9.84 Å². The van der Waals surface area contributed by atoms with Crippen LogP contribution in [0.3, 0.4) is 0 Å². The molecule has 108 valence electrons. The maximum atomic E-state index is 13.4. The lowest BCUT2D eigenvalue weighted by atomic mass is 10.2. The van der Waals surface area contributed by atoms with Gasteiger partial charge < -0.3 is 5.32 Å². The van der Waals surface area contributed by atoms with E-state index in [1.165, 1.54) is 18.2 Å². The second kappa shape index (κ2) is 7.60. The van der Waals surface area contributed by atoms with Gasteiger partial charge in [-0.15, -0.1) is 0 Å². The first kappa shape index (κ1) is 16.1. The van der Waals surface area contributed by atoms with E-state index >= 15 is 0 Å². The van der Waals surface area contributed by atoms with Crippen LogP contribution < -0.4 is 5.32 Å². The van der Waals surface area contributed by atoms with Crippen molar-refractivity contribution in [2.75, 3.05) is 12.3 Å². The van der Waals surface area contributed by atoms with E-state index in [4.69, 9.17) is 0 Å². The minimum atomic E-state index is -3.51. The quantitative estimate of drug-likeness (QED) is 0.799. The molecule has 0 aromatic heterocycles. The summed E-state index contributed by atoms with van der Waals surface area (Å²) in [6, 6.07) is 5.82. The molecule has 19 heavy (non-hydrogen) atoms. The highest BCUT2D eigenvalue weighted by Gasteiger charge is 2.18. The maximum Gasteiger partial charge on any atom is 0.181 e. The highest BCUT2D eigenvalue weighted by Crippen LogP contribution is 2.16. The van der Waals surface area contributed by atoms with Crippen molar-refractivity contribution in [3.8, 4) is 0 Å². The summed E-state index contributed by atoms with van der Waals surface area (Å²) in [5.41, 5.74) is 0. The lowest BCUT2D eigenvalue weighted by Gasteiger charge is -2.13. The minimum Gasteiger partial charge on any atom is -0.314 e. The third kappa shape index (κ3) is 5.28. The summed E-state index contributed by atoms with van der Waals surface area (Å²) in [5, 5.41) is 3.30. The van der Waals surface area contributed by atoms with Gasteiger partial charge in [-0.1, -0.05) is 19.1 Å². The first-order valence-electron chi connectivity index (χ1n) is 6.68. The Hall–Kier alpha value is -0.940. The summed E-state index contributed by atoms with van der Waals surface area (Å²) in [7, 11) is -3.51. The smallest absolute Gasteiger partial charge is 0.181 e. The van der Waals surface area contributed by atoms with Crippen molar-refractivity contribution >= 4 is 9.84 Å². The molecular formula is C14H22FNO2S. The van der Waals surface area contributed by atoms with E-state index in [-0.39, 0.29) is 16.7 Å². The van der Waals surface area contributed by atoms with Crippen LogP contribution in [0.2, 0.25) is 0 Å². The molecule has 0 spiro atoms. The van der Waals surface area contributed by atoms with E-state index in [0.29, 0.717) is 6.42 Å². The van der Waals surface area contributed by atoms with Crippen LogP contribution in [-0.4, -0.2) is 26.8 Å². The van der Waals surface area contributed by atoms with Crippen molar-refractivity contribution in [3.05, 3.63) is 30.1 Å². The van der Waals surface area contributed by atoms with Gasteiger partial charge in [0.1, 0.15) is 10.7 Å². The minimum absolute atomic E-state index is 0.00786. The molecule has 0 aliphatic rings. The molecule has 1 atom stereocenters. The average molecular weight is 287 g/mol. The summed E-state index contributed by atoms with van der Waals surface area (Å²) in [4.78, 5) is -0.191. The van der Waals surface area contributed by atoms with Crippen LogP contribution >= 0.6 is 0 Å². The van der Waals surface area contributed by atoms with Crippen LogP contribution in [0.1, 0.15) is 33.1 Å². The monoisotopic (exact) mass is 287 g/mol. The molecule has 3 nitrogen and oxygen atoms in total. The fraction of sp³-hybridized carbons (Fsp3) is 0.571. The Morgan fingerprint density at radius 2 is 2.00 bits per heavy atom. The van der Waals surface area contributed by atoms with E-state index in [0.717, 1.165) is 19.4 Å². The molecule has 0 amide bonds. The third-order valence-electron chi connectivity index (χ3n) is 2.96. The largest absolute Gasteiger partial charge is 0.314 e. The van der Waals surface area contributed by atoms with Gasteiger partial charge in [-0.2, -0.15) is 0 Å². The second-order valence-corrected chi connectivity index (χ2v) is 6.82. The van der Waals surface area contributed by atoms with E-state index in [1.807, 2.05) is 6.92 Å². The number of rotatable bonds is 8. The average Bonchev–Trinajstić information content (AvgIpc) is 2.36. The zero-order chi connectivity index (χ0) is 14.3. The highest BCUT2D eigenvalue weighted by molar-refractivity contribution is 7.91. The van der Waals surface area contributed by atoms with Crippen molar-refractivity contribution in [1.82, 2.24) is 5.32 Å². The van der Waals surface area contributed by atoms with Crippen molar-refractivity contribution in [1.29, 1.82) is 0 Å². The van der Waals surface area contributed by atoms with Crippen molar-refractivity contribution in [2.24, 2.45) is 0 Å². The van der Waals surface area contributed by atoms with Crippen LogP contribution in [0.4, 0.5) is 4.39 Å². The molecule has 0 saturated heterocycles. The molecule has 1 aromatic carbocycles. The molecule has 0 fully saturated rings. The van der Waals surface area contributed by atoms with E-state index in [1.54, 1.807) is 6.07 Å². The predicted octanol–water partition coefficient (Wildman–Crippen LogP) is 2.77. The van der Waals surface area contributed by atoms with Gasteiger partial charge in [-0.3, -0.25) is 0 Å². The molecule has 0 bridgehead atoms. The Bertz CT molecular complexity index is 488. The summed E-state index contributed by atoms with van der Waals surface area (Å²) < 4.78 is 37.4. The summed E-state index contributed by atoms with van der Waals surface area (Å²) in [5.74, 6) is -0.675. The lowest BCUT2D eigenvalue weighted by Crippen LogP contribution is -2.27. The molecule has 1 unspecified atom stereocenters. The molecular weight excluding hydrogens is 265 g/mol. The number of benzene rings is 1. The highest BCUT2D eigenvalue weighted by atomic mass is 32.2. The van der Waals surface area contributed by atoms with E-state index in [2.05, 4.69) is 12.2 Å². The molecule has 0 aliphatic heterocycles. The van der Waals surface area contributed by atoms with Gasteiger partial charge in [-0.05, 0) is 44.9 Å². The molecule has 5 heteroatoms. The van der Waals surface area contributed by atoms with Gasteiger partial charge in [0, 0.05) is 6.04 Å². The van der Waals surface area contributed by atoms with Crippen molar-refractivity contribution in [3.63, 3.8) is 0 Å². The first-order valence-corrected chi connectivity index (χ1v) is 8.33. The Morgan fingerprint density at radius 1 is 1.32 bits per heavy atom. The summed E-state index contributed by atoms with van der Waals surface area (Å²) >= 11 is 0. The Balaban J connectivity index is 2.51. The molecule has 0 saturated carbocycles. The Morgan fingerprint density at radius 3 is 2.63 bits per heavy atom. The lowest BCUT2D eigenvalue weighted by molar-refractivity contribution is 0.505. The van der Waals surface area contributed by atoms with Crippen molar-refractivity contribution in [2.45, 2.75) is 44.0 Å². The zero-order valence-electron chi connectivity index (χ0n) is 11.5. The zero-order valence-corrected chi connectivity index (χ0v) is 12.3. The Kier molecular flexibility index (Phi) is 6.45. The fourth-order valence-electron chi connectivity index (χ4n) is 1.88. The second-order valence-electron chi connectivity index (χ2n) is 4.75. The molecule has 1 rings (SSSR count). The topological polar surface area (TPSA) is 46.2 Å². The standard InChI is InChI=1S/C14H22FNO2S/c1-3-10-16-12(2)7-6-11-19(17,18)14-9-5-4-8-13(14)15/h4-5,8-9,12,16H,3,6-7,10-11H2,1-2H3. The predicted molar refractivity (Wildman–Crippen MR) is 75.4 cm³/mol. The first-order chi connectivity index (χ1) is 8.97. The maximum absolute atomic E-state index is 13.4. The van der Waals surface area contributed by atoms with E-state index < -0.39 is 15.7 Å². The van der Waals surface area contributed by atoms with Crippen LogP contribution in [0.5, 0.6) is 0 Å². The number of sulfone groups is 1. The number of hydrogen-bond donors (Lipinski definition) is 1. The van der Waals surface area contributed by atoms with Gasteiger partial charge >= 0.3 is 0 Å². The van der Waals surface area contributed by atoms with Crippen molar-refractivity contribution < 1.29 is 12.8 Å². The number of hydrogen-bond acceptors (Lipinski definition) is 3. The van der Waals surface area contributed by atoms with Crippen LogP contribution in [-0.2, 0) is 9.84 Å². The molecule has 0 heterocycles. The van der Waals surface area contributed by atoms with Crippen LogP contribution in [0.15, 0.2) is 29.2 Å². The third-order valence-corrected chi connectivity index (χ3v) is 4.79. The van der Waals surface area contributed by atoms with Gasteiger partial charge in [0.05, 0.1) is 5.75 Å². The van der Waals surface area contributed by atoms with Gasteiger partial charge in [0.25, 0.3) is 0 Å². The molecule has 0 aliphatic carbocycles. The number of nitrogens with one attached hydrogen (secondary N) is 1.